The predicted molar refractivity (Wildman–Crippen MR) is 117 cm³/mol. The third-order valence-corrected chi connectivity index (χ3v) is 6.12. The van der Waals surface area contributed by atoms with E-state index in [1.165, 1.54) is 55.9 Å². The summed E-state index contributed by atoms with van der Waals surface area (Å²) < 4.78 is 1.72. The summed E-state index contributed by atoms with van der Waals surface area (Å²) in [6.07, 6.45) is 6.14. The largest absolute Gasteiger partial charge is 0.349 e. The number of benzene rings is 2. The Hall–Kier alpha value is -3.81. The van der Waals surface area contributed by atoms with Gasteiger partial charge in [-0.2, -0.15) is 4.98 Å². The molecule has 8 nitrogen and oxygen atoms in total. The lowest BCUT2D eigenvalue weighted by Crippen LogP contribution is -2.27. The standard InChI is InChI=1S/C23H20N4O4/c28-22-19-13-16-12-18(27(30)31)10-11-20(16)26(21(19)24-23(29)25-22)17-8-6-15(7-9-17)14-4-2-1-3-5-14/h6-14H,1-5H2,(H,25,28,29). The number of hydrogen-bond acceptors (Lipinski definition) is 5. The third-order valence-electron chi connectivity index (χ3n) is 6.12. The van der Waals surface area contributed by atoms with Gasteiger partial charge in [0, 0.05) is 23.2 Å². The summed E-state index contributed by atoms with van der Waals surface area (Å²) in [5, 5.41) is 11.8. The van der Waals surface area contributed by atoms with Gasteiger partial charge in [-0.05, 0) is 48.6 Å². The molecule has 156 valence electrons. The highest BCUT2D eigenvalue weighted by molar-refractivity contribution is 5.88. The summed E-state index contributed by atoms with van der Waals surface area (Å²) in [6, 6.07) is 14.1. The van der Waals surface area contributed by atoms with E-state index in [0.717, 1.165) is 5.69 Å². The van der Waals surface area contributed by atoms with Crippen LogP contribution in [0.3, 0.4) is 0 Å². The van der Waals surface area contributed by atoms with Crippen LogP contribution in [-0.2, 0) is 0 Å². The third kappa shape index (κ3) is 3.39. The Morgan fingerprint density at radius 3 is 2.45 bits per heavy atom. The second-order valence-electron chi connectivity index (χ2n) is 8.01. The molecule has 5 rings (SSSR count). The fourth-order valence-electron chi connectivity index (χ4n) is 4.59. The summed E-state index contributed by atoms with van der Waals surface area (Å²) in [6.45, 7) is 0. The van der Waals surface area contributed by atoms with Gasteiger partial charge in [-0.3, -0.25) is 24.5 Å². The van der Waals surface area contributed by atoms with Gasteiger partial charge in [0.1, 0.15) is 0 Å². The van der Waals surface area contributed by atoms with E-state index < -0.39 is 16.2 Å². The number of pyridine rings is 1. The van der Waals surface area contributed by atoms with E-state index in [1.54, 1.807) is 10.6 Å². The Morgan fingerprint density at radius 1 is 1.00 bits per heavy atom. The molecular weight excluding hydrogens is 396 g/mol. The van der Waals surface area contributed by atoms with Crippen LogP contribution in [0.15, 0.2) is 58.1 Å². The number of aromatic nitrogens is 3. The van der Waals surface area contributed by atoms with Gasteiger partial charge in [0.15, 0.2) is 5.82 Å². The van der Waals surface area contributed by atoms with Gasteiger partial charge in [0.2, 0.25) is 0 Å². The van der Waals surface area contributed by atoms with Gasteiger partial charge in [-0.1, -0.05) is 31.4 Å². The van der Waals surface area contributed by atoms with Crippen molar-refractivity contribution in [2.24, 2.45) is 0 Å². The fraction of sp³-hybridized carbons (Fsp3) is 0.261. The molecule has 1 N–H and O–H groups in total. The molecule has 3 aliphatic rings. The van der Waals surface area contributed by atoms with Gasteiger partial charge in [-0.25, -0.2) is 4.79 Å². The van der Waals surface area contributed by atoms with E-state index >= 15 is 0 Å². The van der Waals surface area contributed by atoms with Crippen molar-refractivity contribution in [3.8, 4) is 17.1 Å². The average Bonchev–Trinajstić information content (AvgIpc) is 2.78. The molecular formula is C23H20N4O4. The maximum Gasteiger partial charge on any atom is 0.349 e. The van der Waals surface area contributed by atoms with E-state index in [0.29, 0.717) is 16.8 Å². The van der Waals surface area contributed by atoms with Gasteiger partial charge in [-0.15, -0.1) is 0 Å². The Kier molecular flexibility index (Phi) is 4.62. The van der Waals surface area contributed by atoms with E-state index in [4.69, 9.17) is 0 Å². The highest BCUT2D eigenvalue weighted by atomic mass is 16.6. The molecule has 1 aliphatic carbocycles. The molecule has 2 aromatic rings. The summed E-state index contributed by atoms with van der Waals surface area (Å²) in [7, 11) is 0. The van der Waals surface area contributed by atoms with Crippen LogP contribution in [0.2, 0.25) is 0 Å². The Bertz CT molecular complexity index is 1380. The number of nitro benzene ring substituents is 1. The van der Waals surface area contributed by atoms with Crippen molar-refractivity contribution >= 4 is 16.6 Å². The second kappa shape index (κ2) is 7.46. The van der Waals surface area contributed by atoms with Crippen LogP contribution in [-0.4, -0.2) is 19.5 Å². The molecule has 0 saturated heterocycles. The molecule has 31 heavy (non-hydrogen) atoms. The molecule has 1 saturated carbocycles. The van der Waals surface area contributed by atoms with Crippen LogP contribution in [0, 0.1) is 10.1 Å². The first-order valence-electron chi connectivity index (χ1n) is 10.4. The monoisotopic (exact) mass is 416 g/mol. The number of fused-ring (bicyclic) bond motifs is 2. The van der Waals surface area contributed by atoms with Gasteiger partial charge < -0.3 is 0 Å². The molecule has 2 aromatic carbocycles. The van der Waals surface area contributed by atoms with Gasteiger partial charge >= 0.3 is 5.69 Å². The molecule has 0 bridgehead atoms. The molecule has 0 aromatic heterocycles. The number of hydrogen-bond donors (Lipinski definition) is 1. The zero-order valence-electron chi connectivity index (χ0n) is 16.7. The zero-order chi connectivity index (χ0) is 21.5. The molecule has 0 amide bonds. The Morgan fingerprint density at radius 2 is 1.74 bits per heavy atom. The minimum atomic E-state index is -0.730. The number of nitro groups is 1. The first-order valence-corrected chi connectivity index (χ1v) is 10.4. The first-order chi connectivity index (χ1) is 15.0. The summed E-state index contributed by atoms with van der Waals surface area (Å²) in [4.78, 5) is 41.4. The van der Waals surface area contributed by atoms with E-state index in [9.17, 15) is 19.7 Å². The molecule has 0 unspecified atom stereocenters. The number of non-ortho nitro benzene ring substituents is 1. The Labute approximate surface area is 176 Å². The van der Waals surface area contributed by atoms with Crippen molar-refractivity contribution in [3.63, 3.8) is 0 Å². The fourth-order valence-corrected chi connectivity index (χ4v) is 4.59. The number of nitrogens with zero attached hydrogens (tertiary/aromatic N) is 3. The lowest BCUT2D eigenvalue weighted by atomic mass is 9.84. The predicted octanol–water partition coefficient (Wildman–Crippen LogP) is 4.13. The molecule has 2 aliphatic heterocycles. The van der Waals surface area contributed by atoms with Crippen molar-refractivity contribution in [1.29, 1.82) is 0 Å². The first kappa shape index (κ1) is 19.2. The smallest absolute Gasteiger partial charge is 0.294 e. The van der Waals surface area contributed by atoms with E-state index in [-0.39, 0.29) is 17.1 Å². The molecule has 0 spiro atoms. The Balaban J connectivity index is 1.74. The topological polar surface area (TPSA) is 111 Å². The maximum atomic E-state index is 12.5. The van der Waals surface area contributed by atoms with Crippen molar-refractivity contribution in [3.05, 3.63) is 85.0 Å². The lowest BCUT2D eigenvalue weighted by molar-refractivity contribution is -0.384. The SMILES string of the molecule is O=c1nc2n(-c3ccc(C4CCCCC4)cc3)c3ccc([N+](=O)[O-])cc3cc-2c(=O)[nH]1. The normalized spacial score (nSPS) is 14.8. The maximum absolute atomic E-state index is 12.5. The number of H-pyrrole nitrogens is 1. The quantitative estimate of drug-likeness (QED) is 0.307. The lowest BCUT2D eigenvalue weighted by Gasteiger charge is -2.23. The number of rotatable bonds is 3. The van der Waals surface area contributed by atoms with Crippen molar-refractivity contribution in [2.45, 2.75) is 38.0 Å². The summed E-state index contributed by atoms with van der Waals surface area (Å²) in [5.41, 5.74) is 1.46. The van der Waals surface area contributed by atoms with Crippen LogP contribution in [0.1, 0.15) is 43.6 Å². The van der Waals surface area contributed by atoms with Crippen LogP contribution in [0.4, 0.5) is 5.69 Å². The highest BCUT2D eigenvalue weighted by Crippen LogP contribution is 2.34. The molecule has 2 heterocycles. The average molecular weight is 416 g/mol. The minimum absolute atomic E-state index is 0.0733. The second-order valence-corrected chi connectivity index (χ2v) is 8.01. The van der Waals surface area contributed by atoms with Crippen LogP contribution >= 0.6 is 0 Å². The molecule has 1 fully saturated rings. The molecule has 0 radical (unpaired) electrons. The number of nitrogens with one attached hydrogen (secondary N) is 1. The van der Waals surface area contributed by atoms with Gasteiger partial charge in [0.25, 0.3) is 11.2 Å². The van der Waals surface area contributed by atoms with Crippen LogP contribution < -0.4 is 11.2 Å². The summed E-state index contributed by atoms with van der Waals surface area (Å²) in [5.74, 6) is 0.773. The van der Waals surface area contributed by atoms with E-state index in [2.05, 4.69) is 22.1 Å². The van der Waals surface area contributed by atoms with Gasteiger partial charge in [0.05, 0.1) is 16.0 Å². The number of aromatic amines is 1. The minimum Gasteiger partial charge on any atom is -0.294 e. The van der Waals surface area contributed by atoms with Crippen LogP contribution in [0.5, 0.6) is 0 Å². The molecule has 8 heteroatoms. The van der Waals surface area contributed by atoms with Crippen molar-refractivity contribution in [2.75, 3.05) is 0 Å². The van der Waals surface area contributed by atoms with Crippen molar-refractivity contribution < 1.29 is 4.92 Å². The van der Waals surface area contributed by atoms with Crippen LogP contribution in [0.25, 0.3) is 28.0 Å². The highest BCUT2D eigenvalue weighted by Gasteiger charge is 2.20. The van der Waals surface area contributed by atoms with Crippen molar-refractivity contribution in [1.82, 2.24) is 14.5 Å². The van der Waals surface area contributed by atoms with E-state index in [1.807, 2.05) is 12.1 Å². The zero-order valence-corrected chi connectivity index (χ0v) is 16.7. The molecule has 0 atom stereocenters. The summed E-state index contributed by atoms with van der Waals surface area (Å²) >= 11 is 0.